The van der Waals surface area contributed by atoms with E-state index >= 15 is 0 Å². The molecule has 3 rings (SSSR count). The summed E-state index contributed by atoms with van der Waals surface area (Å²) in [4.78, 5) is 20.3. The average molecular weight is 424 g/mol. The molecule has 0 bridgehead atoms. The van der Waals surface area contributed by atoms with Crippen molar-refractivity contribution in [1.82, 2.24) is 20.0 Å². The Bertz CT molecular complexity index is 894. The second kappa shape index (κ2) is 9.06. The molecule has 2 heterocycles. The predicted octanol–water partition coefficient (Wildman–Crippen LogP) is 1.79. The van der Waals surface area contributed by atoms with Crippen LogP contribution in [0.15, 0.2) is 41.7 Å². The number of nitrogens with one attached hydrogen (secondary N) is 1. The minimum Gasteiger partial charge on any atom is -0.484 e. The van der Waals surface area contributed by atoms with Gasteiger partial charge in [0.2, 0.25) is 5.91 Å². The lowest BCUT2D eigenvalue weighted by atomic mass is 10.2. The summed E-state index contributed by atoms with van der Waals surface area (Å²) >= 11 is 0. The van der Waals surface area contributed by atoms with E-state index in [1.165, 1.54) is 12.1 Å². The number of benzene rings is 1. The number of ether oxygens (including phenoxy) is 1. The Morgan fingerprint density at radius 3 is 2.57 bits per heavy atom. The summed E-state index contributed by atoms with van der Waals surface area (Å²) in [6.45, 7) is 0.374. The number of aromatic nitrogens is 2. The monoisotopic (exact) mass is 424 g/mol. The number of piperazine rings is 1. The fourth-order valence-corrected chi connectivity index (χ4v) is 3.06. The molecule has 162 valence electrons. The number of hydrogen-bond acceptors (Lipinski definition) is 4. The van der Waals surface area contributed by atoms with Crippen LogP contribution < -0.4 is 15.0 Å². The highest BCUT2D eigenvalue weighted by atomic mass is 19.4. The van der Waals surface area contributed by atoms with E-state index in [4.69, 9.17) is 4.74 Å². The minimum absolute atomic E-state index is 0.0524. The summed E-state index contributed by atoms with van der Waals surface area (Å²) in [5.41, 5.74) is 1.61. The van der Waals surface area contributed by atoms with Crippen molar-refractivity contribution in [2.24, 2.45) is 12.0 Å². The van der Waals surface area contributed by atoms with Crippen LogP contribution in [0, 0.1) is 0 Å². The zero-order valence-corrected chi connectivity index (χ0v) is 16.7. The third-order valence-corrected chi connectivity index (χ3v) is 4.51. The zero-order chi connectivity index (χ0) is 21.7. The number of hydrogen-bond donors (Lipinski definition) is 1. The van der Waals surface area contributed by atoms with Gasteiger partial charge in [-0.05, 0) is 17.7 Å². The van der Waals surface area contributed by atoms with E-state index in [9.17, 15) is 18.0 Å². The van der Waals surface area contributed by atoms with E-state index in [0.29, 0.717) is 25.6 Å². The van der Waals surface area contributed by atoms with Gasteiger partial charge in [-0.15, -0.1) is 0 Å². The van der Waals surface area contributed by atoms with Crippen LogP contribution in [0.25, 0.3) is 0 Å². The lowest BCUT2D eigenvalue weighted by Gasteiger charge is -2.35. The molecule has 0 aliphatic carbocycles. The predicted molar refractivity (Wildman–Crippen MR) is 105 cm³/mol. The lowest BCUT2D eigenvalue weighted by Crippen LogP contribution is -2.55. The molecule has 0 atom stereocenters. The van der Waals surface area contributed by atoms with Gasteiger partial charge in [0.25, 0.3) is 0 Å². The fourth-order valence-electron chi connectivity index (χ4n) is 3.06. The van der Waals surface area contributed by atoms with Gasteiger partial charge in [0, 0.05) is 39.9 Å². The number of carbonyl (C=O) groups excluding carboxylic acids is 1. The molecule has 2 aromatic rings. The summed E-state index contributed by atoms with van der Waals surface area (Å²) < 4.78 is 43.0. The van der Waals surface area contributed by atoms with Gasteiger partial charge in [0.15, 0.2) is 12.6 Å². The second-order valence-corrected chi connectivity index (χ2v) is 6.79. The van der Waals surface area contributed by atoms with E-state index in [-0.39, 0.29) is 18.2 Å². The van der Waals surface area contributed by atoms with E-state index in [2.05, 4.69) is 15.4 Å². The Morgan fingerprint density at radius 2 is 2.00 bits per heavy atom. The number of aryl methyl sites for hydroxylation is 1. The van der Waals surface area contributed by atoms with Crippen molar-refractivity contribution in [2.45, 2.75) is 12.7 Å². The van der Waals surface area contributed by atoms with E-state index in [1.54, 1.807) is 48.2 Å². The molecule has 1 fully saturated rings. The molecule has 0 spiro atoms. The summed E-state index contributed by atoms with van der Waals surface area (Å²) in [7, 11) is 3.43. The van der Waals surface area contributed by atoms with Crippen molar-refractivity contribution >= 4 is 17.6 Å². The van der Waals surface area contributed by atoms with Crippen LogP contribution in [0.2, 0.25) is 0 Å². The van der Waals surface area contributed by atoms with Crippen LogP contribution in [0.4, 0.5) is 18.9 Å². The smallest absolute Gasteiger partial charge is 0.422 e. The first kappa shape index (κ1) is 21.5. The third kappa shape index (κ3) is 5.65. The number of nitrogens with zero attached hydrogens (tertiary/aromatic N) is 5. The van der Waals surface area contributed by atoms with Gasteiger partial charge in [-0.25, -0.2) is 0 Å². The maximum atomic E-state index is 12.5. The van der Waals surface area contributed by atoms with Crippen LogP contribution in [0.3, 0.4) is 0 Å². The first-order valence-corrected chi connectivity index (χ1v) is 9.28. The van der Waals surface area contributed by atoms with Crippen molar-refractivity contribution in [3.8, 4) is 5.75 Å². The standard InChI is InChI=1S/C19H23F3N6O2/c1-23-18(24-9-14-3-5-16(6-4-14)30-13-19(20,21)22)27-7-8-28(17(29)12-27)15-10-25-26(2)11-15/h3-6,10-11H,7-9,12-13H2,1-2H3,(H,23,24). The molecule has 30 heavy (non-hydrogen) atoms. The van der Waals surface area contributed by atoms with Crippen molar-refractivity contribution < 1.29 is 22.7 Å². The molecule has 0 saturated carbocycles. The molecule has 1 aliphatic heterocycles. The van der Waals surface area contributed by atoms with Gasteiger partial charge in [-0.3, -0.25) is 14.5 Å². The summed E-state index contributed by atoms with van der Waals surface area (Å²) in [5.74, 6) is 0.674. The van der Waals surface area contributed by atoms with Gasteiger partial charge >= 0.3 is 6.18 Å². The Labute approximate surface area is 171 Å². The molecule has 0 unspecified atom stereocenters. The SMILES string of the molecule is CN=C(NCc1ccc(OCC(F)(F)F)cc1)N1CCN(c2cnn(C)c2)C(=O)C1. The summed E-state index contributed by atoms with van der Waals surface area (Å²) in [6, 6.07) is 6.33. The number of amides is 1. The zero-order valence-electron chi connectivity index (χ0n) is 16.7. The fraction of sp³-hybridized carbons (Fsp3) is 0.421. The normalized spacial score (nSPS) is 15.5. The highest BCUT2D eigenvalue weighted by Crippen LogP contribution is 2.19. The summed E-state index contributed by atoms with van der Waals surface area (Å²) in [6.07, 6.45) is -0.920. The second-order valence-electron chi connectivity index (χ2n) is 6.79. The number of guanidine groups is 1. The minimum atomic E-state index is -4.37. The number of carbonyl (C=O) groups is 1. The van der Waals surface area contributed by atoms with Crippen molar-refractivity contribution in [3.63, 3.8) is 0 Å². The largest absolute Gasteiger partial charge is 0.484 e. The van der Waals surface area contributed by atoms with Crippen LogP contribution >= 0.6 is 0 Å². The molecular weight excluding hydrogens is 401 g/mol. The highest BCUT2D eigenvalue weighted by Gasteiger charge is 2.29. The molecule has 1 aliphatic rings. The first-order valence-electron chi connectivity index (χ1n) is 9.28. The van der Waals surface area contributed by atoms with Crippen molar-refractivity contribution in [3.05, 3.63) is 42.2 Å². The molecule has 1 aromatic heterocycles. The number of halogens is 3. The molecule has 8 nitrogen and oxygen atoms in total. The third-order valence-electron chi connectivity index (χ3n) is 4.51. The Morgan fingerprint density at radius 1 is 1.27 bits per heavy atom. The van der Waals surface area contributed by atoms with Crippen molar-refractivity contribution in [1.29, 1.82) is 0 Å². The van der Waals surface area contributed by atoms with E-state index < -0.39 is 12.8 Å². The molecule has 11 heteroatoms. The topological polar surface area (TPSA) is 75.0 Å². The Hall–Kier alpha value is -3.24. The first-order chi connectivity index (χ1) is 14.2. The van der Waals surface area contributed by atoms with Gasteiger partial charge in [0.1, 0.15) is 12.3 Å². The number of rotatable bonds is 5. The average Bonchev–Trinajstić information content (AvgIpc) is 3.13. The maximum absolute atomic E-state index is 12.5. The molecular formula is C19H23F3N6O2. The lowest BCUT2D eigenvalue weighted by molar-refractivity contribution is -0.153. The Balaban J connectivity index is 1.52. The van der Waals surface area contributed by atoms with Crippen LogP contribution in [0.5, 0.6) is 5.75 Å². The Kier molecular flexibility index (Phi) is 6.48. The van der Waals surface area contributed by atoms with Gasteiger partial charge in [0.05, 0.1) is 11.9 Å². The number of alkyl halides is 3. The quantitative estimate of drug-likeness (QED) is 0.585. The van der Waals surface area contributed by atoms with E-state index in [1.807, 2.05) is 4.90 Å². The number of anilines is 1. The van der Waals surface area contributed by atoms with Crippen molar-refractivity contribution in [2.75, 3.05) is 38.2 Å². The van der Waals surface area contributed by atoms with Gasteiger partial charge in [-0.2, -0.15) is 18.3 Å². The molecule has 1 amide bonds. The van der Waals surface area contributed by atoms with Gasteiger partial charge in [-0.1, -0.05) is 12.1 Å². The van der Waals surface area contributed by atoms with Crippen LogP contribution in [0.1, 0.15) is 5.56 Å². The molecule has 1 aromatic carbocycles. The summed E-state index contributed by atoms with van der Waals surface area (Å²) in [5, 5.41) is 7.28. The molecule has 0 radical (unpaired) electrons. The highest BCUT2D eigenvalue weighted by molar-refractivity contribution is 5.98. The van der Waals surface area contributed by atoms with Crippen LogP contribution in [-0.2, 0) is 18.4 Å². The molecule has 1 saturated heterocycles. The number of aliphatic imine (C=N–C) groups is 1. The van der Waals surface area contributed by atoms with E-state index in [0.717, 1.165) is 11.3 Å². The molecule has 1 N–H and O–H groups in total. The maximum Gasteiger partial charge on any atom is 0.422 e. The van der Waals surface area contributed by atoms with Gasteiger partial charge < -0.3 is 19.9 Å². The van der Waals surface area contributed by atoms with Crippen LogP contribution in [-0.4, -0.2) is 66.0 Å².